The summed E-state index contributed by atoms with van der Waals surface area (Å²) in [6.45, 7) is 1.34. The first kappa shape index (κ1) is 17.9. The van der Waals surface area contributed by atoms with Gasteiger partial charge in [-0.25, -0.2) is 13.6 Å². The van der Waals surface area contributed by atoms with E-state index in [0.717, 1.165) is 31.4 Å². The molecule has 1 atom stereocenters. The third kappa shape index (κ3) is 4.07. The molecule has 128 valence electrons. The molecule has 5 nitrogen and oxygen atoms in total. The molecule has 24 heavy (non-hydrogen) atoms. The number of rotatable bonds is 4. The molecule has 0 spiro atoms. The van der Waals surface area contributed by atoms with Crippen molar-refractivity contribution in [2.24, 2.45) is 0 Å². The summed E-state index contributed by atoms with van der Waals surface area (Å²) >= 11 is 0. The highest BCUT2D eigenvalue weighted by Crippen LogP contribution is 2.27. The Bertz CT molecular complexity index is 679. The predicted molar refractivity (Wildman–Crippen MR) is 80.8 cm³/mol. The van der Waals surface area contributed by atoms with Crippen LogP contribution < -0.4 is 5.32 Å². The highest BCUT2D eigenvalue weighted by molar-refractivity contribution is 5.92. The van der Waals surface area contributed by atoms with E-state index in [1.54, 1.807) is 0 Å². The number of carbonyl (C=O) groups is 2. The van der Waals surface area contributed by atoms with Crippen LogP contribution in [0.25, 0.3) is 0 Å². The Morgan fingerprint density at radius 3 is 2.54 bits per heavy atom. The molecule has 1 saturated carbocycles. The zero-order chi connectivity index (χ0) is 17.7. The molecule has 7 heteroatoms. The number of amides is 1. The zero-order valence-corrected chi connectivity index (χ0v) is 13.3. The van der Waals surface area contributed by atoms with Gasteiger partial charge >= 0.3 is 5.97 Å². The van der Waals surface area contributed by atoms with E-state index < -0.39 is 40.7 Å². The molecule has 0 heterocycles. The van der Waals surface area contributed by atoms with Crippen molar-refractivity contribution in [1.82, 2.24) is 5.32 Å². The van der Waals surface area contributed by atoms with Crippen LogP contribution >= 0.6 is 0 Å². The molecule has 0 bridgehead atoms. The fourth-order valence-corrected chi connectivity index (χ4v) is 2.69. The topological polar surface area (TPSA) is 79.2 Å². The lowest BCUT2D eigenvalue weighted by Gasteiger charge is -2.32. The highest BCUT2D eigenvalue weighted by Gasteiger charge is 2.35. The van der Waals surface area contributed by atoms with Crippen LogP contribution in [0, 0.1) is 23.0 Å². The van der Waals surface area contributed by atoms with Gasteiger partial charge < -0.3 is 10.1 Å². The van der Waals surface area contributed by atoms with Crippen LogP contribution in [0.1, 0.15) is 49.4 Å². The number of nitrogens with one attached hydrogen (secondary N) is 1. The molecule has 1 aliphatic rings. The smallest absolute Gasteiger partial charge is 0.341 e. The number of ether oxygens (including phenoxy) is 1. The third-order valence-corrected chi connectivity index (χ3v) is 4.09. The quantitative estimate of drug-likeness (QED) is 0.858. The van der Waals surface area contributed by atoms with E-state index in [9.17, 15) is 23.6 Å². The van der Waals surface area contributed by atoms with Gasteiger partial charge in [-0.1, -0.05) is 19.3 Å². The van der Waals surface area contributed by atoms with Gasteiger partial charge in [0.15, 0.2) is 6.10 Å². The van der Waals surface area contributed by atoms with E-state index in [1.165, 1.54) is 6.92 Å². The minimum Gasteiger partial charge on any atom is -0.449 e. The molecule has 1 amide bonds. The second-order valence-corrected chi connectivity index (χ2v) is 5.92. The predicted octanol–water partition coefficient (Wildman–Crippen LogP) is 2.85. The van der Waals surface area contributed by atoms with Crippen molar-refractivity contribution < 1.29 is 23.1 Å². The maximum absolute atomic E-state index is 13.6. The van der Waals surface area contributed by atoms with Gasteiger partial charge in [0.2, 0.25) is 0 Å². The van der Waals surface area contributed by atoms with Gasteiger partial charge in [-0.2, -0.15) is 5.26 Å². The summed E-state index contributed by atoms with van der Waals surface area (Å²) in [5, 5.41) is 12.0. The monoisotopic (exact) mass is 336 g/mol. The molecule has 0 radical (unpaired) electrons. The number of halogens is 2. The Balaban J connectivity index is 2.00. The maximum atomic E-state index is 13.6. The van der Waals surface area contributed by atoms with Crippen molar-refractivity contribution in [2.45, 2.75) is 50.7 Å². The van der Waals surface area contributed by atoms with Gasteiger partial charge in [0.1, 0.15) is 17.2 Å². The van der Waals surface area contributed by atoms with Crippen molar-refractivity contribution in [1.29, 1.82) is 5.26 Å². The van der Waals surface area contributed by atoms with E-state index in [0.29, 0.717) is 18.9 Å². The number of benzene rings is 1. The van der Waals surface area contributed by atoms with Gasteiger partial charge in [-0.05, 0) is 31.9 Å². The highest BCUT2D eigenvalue weighted by atomic mass is 19.1. The third-order valence-electron chi connectivity index (χ3n) is 4.09. The Morgan fingerprint density at radius 2 is 1.96 bits per heavy atom. The lowest BCUT2D eigenvalue weighted by Crippen LogP contribution is -2.52. The van der Waals surface area contributed by atoms with Gasteiger partial charge in [0.05, 0.1) is 11.6 Å². The molecule has 1 unspecified atom stereocenters. The first-order valence-electron chi connectivity index (χ1n) is 7.76. The van der Waals surface area contributed by atoms with Gasteiger partial charge in [0.25, 0.3) is 5.91 Å². The molecule has 1 fully saturated rings. The Labute approximate surface area is 138 Å². The largest absolute Gasteiger partial charge is 0.449 e. The van der Waals surface area contributed by atoms with Crippen molar-refractivity contribution in [3.05, 3.63) is 35.4 Å². The number of nitriles is 1. The number of hydrogen-bond donors (Lipinski definition) is 1. The second-order valence-electron chi connectivity index (χ2n) is 5.92. The molecule has 0 aromatic heterocycles. The summed E-state index contributed by atoms with van der Waals surface area (Å²) in [6.07, 6.45) is 2.57. The number of nitrogens with zero attached hydrogens (tertiary/aromatic N) is 1. The summed E-state index contributed by atoms with van der Waals surface area (Å²) < 4.78 is 31.3. The van der Waals surface area contributed by atoms with Crippen LogP contribution in [-0.2, 0) is 9.53 Å². The average molecular weight is 336 g/mol. The minimum absolute atomic E-state index is 0.455. The number of esters is 1. The van der Waals surface area contributed by atoms with Crippen molar-refractivity contribution >= 4 is 11.9 Å². The minimum atomic E-state index is -1.20. The first-order valence-corrected chi connectivity index (χ1v) is 7.76. The zero-order valence-electron chi connectivity index (χ0n) is 13.3. The lowest BCUT2D eigenvalue weighted by atomic mass is 9.83. The molecule has 1 aromatic carbocycles. The van der Waals surface area contributed by atoms with Crippen molar-refractivity contribution in [3.63, 3.8) is 0 Å². The summed E-state index contributed by atoms with van der Waals surface area (Å²) in [5.74, 6) is -3.56. The number of hydrogen-bond acceptors (Lipinski definition) is 4. The summed E-state index contributed by atoms with van der Waals surface area (Å²) in [7, 11) is 0. The Kier molecular flexibility index (Phi) is 5.50. The van der Waals surface area contributed by atoms with Crippen LogP contribution in [0.15, 0.2) is 18.2 Å². The summed E-state index contributed by atoms with van der Waals surface area (Å²) in [5.41, 5.74) is -1.40. The van der Waals surface area contributed by atoms with E-state index in [2.05, 4.69) is 11.4 Å². The standard InChI is InChI=1S/C17H18F2N2O3/c1-11(15(22)21-17(10-20)7-3-2-4-8-17)24-16(23)13-6-5-12(18)9-14(13)19/h5-6,9,11H,2-4,7-8H2,1H3,(H,21,22). The molecule has 0 aliphatic heterocycles. The van der Waals surface area contributed by atoms with E-state index in [1.807, 2.05) is 0 Å². The molecule has 1 aliphatic carbocycles. The molecular formula is C17H18F2N2O3. The average Bonchev–Trinajstić information content (AvgIpc) is 2.55. The first-order chi connectivity index (χ1) is 11.4. The molecule has 0 saturated heterocycles. The summed E-state index contributed by atoms with van der Waals surface area (Å²) in [4.78, 5) is 24.1. The fourth-order valence-electron chi connectivity index (χ4n) is 2.69. The lowest BCUT2D eigenvalue weighted by molar-refractivity contribution is -0.130. The Morgan fingerprint density at radius 1 is 1.29 bits per heavy atom. The van der Waals surface area contributed by atoms with E-state index in [4.69, 9.17) is 4.74 Å². The molecular weight excluding hydrogens is 318 g/mol. The normalized spacial score (nSPS) is 17.4. The van der Waals surface area contributed by atoms with Crippen LogP contribution in [0.3, 0.4) is 0 Å². The maximum Gasteiger partial charge on any atom is 0.341 e. The Hall–Kier alpha value is -2.49. The fraction of sp³-hybridized carbons (Fsp3) is 0.471. The van der Waals surface area contributed by atoms with Crippen molar-refractivity contribution in [2.75, 3.05) is 0 Å². The van der Waals surface area contributed by atoms with Crippen molar-refractivity contribution in [3.8, 4) is 6.07 Å². The molecule has 1 aromatic rings. The van der Waals surface area contributed by atoms with Crippen LogP contribution in [0.5, 0.6) is 0 Å². The van der Waals surface area contributed by atoms with Crippen LogP contribution in [-0.4, -0.2) is 23.5 Å². The van der Waals surface area contributed by atoms with E-state index in [-0.39, 0.29) is 0 Å². The number of carbonyl (C=O) groups excluding carboxylic acids is 2. The van der Waals surface area contributed by atoms with Crippen LogP contribution in [0.4, 0.5) is 8.78 Å². The SMILES string of the molecule is CC(OC(=O)c1ccc(F)cc1F)C(=O)NC1(C#N)CCCCC1. The van der Waals surface area contributed by atoms with Gasteiger partial charge in [0, 0.05) is 6.07 Å². The van der Waals surface area contributed by atoms with Gasteiger partial charge in [-0.15, -0.1) is 0 Å². The van der Waals surface area contributed by atoms with E-state index >= 15 is 0 Å². The summed E-state index contributed by atoms with van der Waals surface area (Å²) in [6, 6.07) is 4.57. The second kappa shape index (κ2) is 7.39. The van der Waals surface area contributed by atoms with Crippen LogP contribution in [0.2, 0.25) is 0 Å². The van der Waals surface area contributed by atoms with Gasteiger partial charge in [-0.3, -0.25) is 4.79 Å². The molecule has 1 N–H and O–H groups in total. The molecule has 2 rings (SSSR count).